The van der Waals surface area contributed by atoms with Gasteiger partial charge in [-0.3, -0.25) is 9.69 Å². The van der Waals surface area contributed by atoms with E-state index in [1.54, 1.807) is 26.1 Å². The molecule has 0 aliphatic carbocycles. The number of benzene rings is 1. The highest BCUT2D eigenvalue weighted by Gasteiger charge is 2.35. The number of ether oxygens (including phenoxy) is 1. The van der Waals surface area contributed by atoms with Gasteiger partial charge in [0.25, 0.3) is 0 Å². The number of amides is 1. The SMILES string of the molecule is CC(C#N)=C1CCN(c2ccc(N3C[C@@H](N(C)NCC(=O)O)OC3=O)cc2F)CC1. The van der Waals surface area contributed by atoms with Crippen LogP contribution in [0.3, 0.4) is 0 Å². The molecule has 2 aliphatic heterocycles. The van der Waals surface area contributed by atoms with Crippen LogP contribution in [-0.2, 0) is 9.53 Å². The lowest BCUT2D eigenvalue weighted by molar-refractivity contribution is -0.137. The number of hydrazine groups is 1. The first-order valence-corrected chi connectivity index (χ1v) is 9.59. The number of allylic oxidation sites excluding steroid dienone is 1. The standard InChI is InChI=1S/C20H24FN5O4/c1-13(10-22)14-5-7-25(8-6-14)17-4-3-15(9-16(17)21)26-12-18(30-20(26)29)24(2)23-11-19(27)28/h3-4,9,18,23H,5-8,11-12H2,1-2H3,(H,27,28)/t18-/m0/s1. The van der Waals surface area contributed by atoms with Crippen LogP contribution in [0.25, 0.3) is 0 Å². The van der Waals surface area contributed by atoms with Gasteiger partial charge in [0.1, 0.15) is 12.4 Å². The largest absolute Gasteiger partial charge is 0.480 e. The van der Waals surface area contributed by atoms with Crippen molar-refractivity contribution in [2.75, 3.05) is 43.0 Å². The summed E-state index contributed by atoms with van der Waals surface area (Å²) in [6.45, 7) is 2.87. The van der Waals surface area contributed by atoms with Gasteiger partial charge in [-0.25, -0.2) is 19.6 Å². The van der Waals surface area contributed by atoms with Gasteiger partial charge >= 0.3 is 12.1 Å². The molecule has 0 radical (unpaired) electrons. The van der Waals surface area contributed by atoms with E-state index < -0.39 is 24.1 Å². The summed E-state index contributed by atoms with van der Waals surface area (Å²) in [5, 5.41) is 19.2. The molecule has 0 saturated carbocycles. The van der Waals surface area contributed by atoms with Gasteiger partial charge in [-0.05, 0) is 38.0 Å². The number of likely N-dealkylation sites (N-methyl/N-ethyl adjacent to an activating group) is 1. The number of nitrogens with zero attached hydrogens (tertiary/aromatic N) is 4. The van der Waals surface area contributed by atoms with Crippen LogP contribution in [0, 0.1) is 17.1 Å². The lowest BCUT2D eigenvalue weighted by Crippen LogP contribution is -2.46. The molecule has 30 heavy (non-hydrogen) atoms. The minimum absolute atomic E-state index is 0.131. The van der Waals surface area contributed by atoms with Gasteiger partial charge in [-0.2, -0.15) is 5.26 Å². The van der Waals surface area contributed by atoms with E-state index in [2.05, 4.69) is 11.5 Å². The lowest BCUT2D eigenvalue weighted by Gasteiger charge is -2.31. The molecule has 0 spiro atoms. The summed E-state index contributed by atoms with van der Waals surface area (Å²) in [5.74, 6) is -1.48. The number of carboxylic acids is 1. The van der Waals surface area contributed by atoms with Crippen molar-refractivity contribution in [1.29, 1.82) is 5.26 Å². The average molecular weight is 417 g/mol. The van der Waals surface area contributed by atoms with Crippen LogP contribution < -0.4 is 15.2 Å². The fourth-order valence-corrected chi connectivity index (χ4v) is 3.55. The van der Waals surface area contributed by atoms with E-state index in [-0.39, 0.29) is 13.1 Å². The van der Waals surface area contributed by atoms with Crippen molar-refractivity contribution in [3.8, 4) is 6.07 Å². The van der Waals surface area contributed by atoms with Gasteiger partial charge in [-0.15, -0.1) is 0 Å². The number of carbonyl (C=O) groups excluding carboxylic acids is 1. The molecule has 2 heterocycles. The second-order valence-electron chi connectivity index (χ2n) is 7.25. The molecule has 1 aromatic rings. The van der Waals surface area contributed by atoms with Crippen molar-refractivity contribution in [1.82, 2.24) is 10.4 Å². The minimum atomic E-state index is -1.04. The molecule has 1 aromatic carbocycles. The third-order valence-corrected chi connectivity index (χ3v) is 5.36. The van der Waals surface area contributed by atoms with E-state index in [0.717, 1.165) is 24.0 Å². The molecule has 9 nitrogen and oxygen atoms in total. The average Bonchev–Trinajstić information content (AvgIpc) is 3.13. The zero-order chi connectivity index (χ0) is 21.8. The van der Waals surface area contributed by atoms with Crippen LogP contribution in [0.15, 0.2) is 29.3 Å². The molecule has 2 fully saturated rings. The molecule has 2 N–H and O–H groups in total. The highest BCUT2D eigenvalue weighted by molar-refractivity contribution is 5.90. The fourth-order valence-electron chi connectivity index (χ4n) is 3.55. The summed E-state index contributed by atoms with van der Waals surface area (Å²) in [4.78, 5) is 26.1. The molecular formula is C20H24FN5O4. The number of anilines is 2. The van der Waals surface area contributed by atoms with E-state index in [1.165, 1.54) is 16.0 Å². The number of carboxylic acid groups (broad SMARTS) is 1. The van der Waals surface area contributed by atoms with Crippen molar-refractivity contribution in [3.63, 3.8) is 0 Å². The number of cyclic esters (lactones) is 1. The van der Waals surface area contributed by atoms with Crippen molar-refractivity contribution in [3.05, 3.63) is 35.2 Å². The van der Waals surface area contributed by atoms with Crippen LogP contribution in [-0.4, -0.2) is 61.6 Å². The van der Waals surface area contributed by atoms with Crippen molar-refractivity contribution in [2.45, 2.75) is 26.0 Å². The number of carbonyl (C=O) groups is 2. The van der Waals surface area contributed by atoms with Crippen LogP contribution in [0.4, 0.5) is 20.6 Å². The van der Waals surface area contributed by atoms with Gasteiger partial charge in [0.2, 0.25) is 0 Å². The normalized spacial score (nSPS) is 19.1. The monoisotopic (exact) mass is 417 g/mol. The van der Waals surface area contributed by atoms with Gasteiger partial charge in [0, 0.05) is 25.7 Å². The van der Waals surface area contributed by atoms with Gasteiger partial charge in [0.05, 0.1) is 24.0 Å². The van der Waals surface area contributed by atoms with Crippen LogP contribution in [0.1, 0.15) is 19.8 Å². The number of hydrogen-bond donors (Lipinski definition) is 2. The van der Waals surface area contributed by atoms with Crippen molar-refractivity contribution >= 4 is 23.4 Å². The quantitative estimate of drug-likeness (QED) is 0.535. The van der Waals surface area contributed by atoms with Crippen molar-refractivity contribution < 1.29 is 23.8 Å². The zero-order valence-electron chi connectivity index (χ0n) is 16.9. The number of nitriles is 1. The summed E-state index contributed by atoms with van der Waals surface area (Å²) < 4.78 is 20.1. The maximum Gasteiger partial charge on any atom is 0.416 e. The minimum Gasteiger partial charge on any atom is -0.480 e. The molecule has 0 unspecified atom stereocenters. The van der Waals surface area contributed by atoms with Gasteiger partial charge in [0.15, 0.2) is 6.23 Å². The van der Waals surface area contributed by atoms with Crippen molar-refractivity contribution in [2.24, 2.45) is 0 Å². The predicted octanol–water partition coefficient (Wildman–Crippen LogP) is 2.07. The Morgan fingerprint density at radius 2 is 2.13 bits per heavy atom. The van der Waals surface area contributed by atoms with E-state index in [1.807, 2.05) is 4.90 Å². The van der Waals surface area contributed by atoms with E-state index >= 15 is 0 Å². The van der Waals surface area contributed by atoms with Gasteiger partial charge in [-0.1, -0.05) is 5.57 Å². The number of hydrogen-bond acceptors (Lipinski definition) is 7. The topological polar surface area (TPSA) is 109 Å². The van der Waals surface area contributed by atoms with E-state index in [4.69, 9.17) is 15.1 Å². The van der Waals surface area contributed by atoms with E-state index in [0.29, 0.717) is 24.5 Å². The molecule has 0 aromatic heterocycles. The van der Waals surface area contributed by atoms with Gasteiger partial charge < -0.3 is 14.7 Å². The number of rotatable bonds is 6. The molecule has 10 heteroatoms. The number of halogens is 1. The molecule has 2 saturated heterocycles. The Hall–Kier alpha value is -3.16. The molecular weight excluding hydrogens is 393 g/mol. The highest BCUT2D eigenvalue weighted by atomic mass is 19.1. The summed E-state index contributed by atoms with van der Waals surface area (Å²) in [6, 6.07) is 6.78. The molecule has 160 valence electrons. The zero-order valence-corrected chi connectivity index (χ0v) is 16.9. The third-order valence-electron chi connectivity index (χ3n) is 5.36. The Balaban J connectivity index is 1.66. The Kier molecular flexibility index (Phi) is 6.54. The smallest absolute Gasteiger partial charge is 0.416 e. The Bertz CT molecular complexity index is 903. The van der Waals surface area contributed by atoms with Crippen LogP contribution >= 0.6 is 0 Å². The first-order valence-electron chi connectivity index (χ1n) is 9.59. The first-order chi connectivity index (χ1) is 14.3. The molecule has 1 amide bonds. The fraction of sp³-hybridized carbons (Fsp3) is 0.450. The number of aliphatic carboxylic acids is 1. The molecule has 3 rings (SSSR count). The second kappa shape index (κ2) is 9.11. The predicted molar refractivity (Wildman–Crippen MR) is 107 cm³/mol. The van der Waals surface area contributed by atoms with Crippen LogP contribution in [0.5, 0.6) is 0 Å². The first kappa shape index (κ1) is 21.5. The number of piperidine rings is 1. The summed E-state index contributed by atoms with van der Waals surface area (Å²) >= 11 is 0. The molecule has 2 aliphatic rings. The number of nitrogens with one attached hydrogen (secondary N) is 1. The van der Waals surface area contributed by atoms with Crippen LogP contribution in [0.2, 0.25) is 0 Å². The highest BCUT2D eigenvalue weighted by Crippen LogP contribution is 2.31. The summed E-state index contributed by atoms with van der Waals surface area (Å²) in [7, 11) is 1.57. The Labute approximate surface area is 173 Å². The lowest BCUT2D eigenvalue weighted by atomic mass is 9.99. The Morgan fingerprint density at radius 1 is 1.43 bits per heavy atom. The summed E-state index contributed by atoms with van der Waals surface area (Å²) in [6.07, 6.45) is 0.110. The third kappa shape index (κ3) is 4.69. The maximum absolute atomic E-state index is 14.8. The van der Waals surface area contributed by atoms with E-state index in [9.17, 15) is 14.0 Å². The molecule has 0 bridgehead atoms. The molecule has 1 atom stereocenters. The Morgan fingerprint density at radius 3 is 2.73 bits per heavy atom. The summed E-state index contributed by atoms with van der Waals surface area (Å²) in [5.41, 5.74) is 5.29. The maximum atomic E-state index is 14.8. The second-order valence-corrected chi connectivity index (χ2v) is 7.25.